The van der Waals surface area contributed by atoms with Crippen LogP contribution in [-0.4, -0.2) is 59.0 Å². The van der Waals surface area contributed by atoms with E-state index in [-0.39, 0.29) is 12.0 Å². The van der Waals surface area contributed by atoms with Gasteiger partial charge < -0.3 is 9.64 Å². The van der Waals surface area contributed by atoms with Gasteiger partial charge in [0.1, 0.15) is 6.10 Å². The number of halogens is 1. The standard InChI is InChI=1S/C19H28BrN3O2/c1-14(2)22-9-11-23(12-10-22)19(24)15-3-6-17(7-4-15)25-18-8-5-16(20)13-21-18/h5,8,13-15,17H,3-4,6-7,9-12H2,1-2H3. The summed E-state index contributed by atoms with van der Waals surface area (Å²) in [5, 5.41) is 0. The third-order valence-electron chi connectivity index (χ3n) is 5.37. The molecule has 1 aliphatic heterocycles. The van der Waals surface area contributed by atoms with Crippen LogP contribution < -0.4 is 4.74 Å². The third kappa shape index (κ3) is 4.94. The Morgan fingerprint density at radius 1 is 1.16 bits per heavy atom. The minimum absolute atomic E-state index is 0.170. The zero-order chi connectivity index (χ0) is 17.8. The van der Waals surface area contributed by atoms with Crippen LogP contribution in [0.3, 0.4) is 0 Å². The molecule has 0 N–H and O–H groups in total. The summed E-state index contributed by atoms with van der Waals surface area (Å²) in [6.07, 6.45) is 5.63. The molecule has 2 fully saturated rings. The predicted octanol–water partition coefficient (Wildman–Crippen LogP) is 3.33. The topological polar surface area (TPSA) is 45.7 Å². The van der Waals surface area contributed by atoms with Gasteiger partial charge in [-0.15, -0.1) is 0 Å². The van der Waals surface area contributed by atoms with Crippen molar-refractivity contribution in [3.8, 4) is 5.88 Å². The first-order valence-corrected chi connectivity index (χ1v) is 10.1. The van der Waals surface area contributed by atoms with Gasteiger partial charge in [0.05, 0.1) is 0 Å². The molecule has 0 bridgehead atoms. The Hall–Kier alpha value is -1.14. The number of pyridine rings is 1. The van der Waals surface area contributed by atoms with Gasteiger partial charge in [-0.1, -0.05) is 0 Å². The lowest BCUT2D eigenvalue weighted by Gasteiger charge is -2.39. The molecule has 0 unspecified atom stereocenters. The molecular formula is C19H28BrN3O2. The molecular weight excluding hydrogens is 382 g/mol. The van der Waals surface area contributed by atoms with Crippen molar-refractivity contribution >= 4 is 21.8 Å². The highest BCUT2D eigenvalue weighted by Gasteiger charge is 2.32. The Kier molecular flexibility index (Phi) is 6.34. The van der Waals surface area contributed by atoms with Crippen molar-refractivity contribution in [1.29, 1.82) is 0 Å². The summed E-state index contributed by atoms with van der Waals surface area (Å²) in [7, 11) is 0. The van der Waals surface area contributed by atoms with E-state index < -0.39 is 0 Å². The first-order chi connectivity index (χ1) is 12.0. The maximum Gasteiger partial charge on any atom is 0.225 e. The van der Waals surface area contributed by atoms with Crippen molar-refractivity contribution in [3.05, 3.63) is 22.8 Å². The van der Waals surface area contributed by atoms with E-state index in [2.05, 4.69) is 44.6 Å². The molecule has 1 saturated carbocycles. The Morgan fingerprint density at radius 3 is 2.40 bits per heavy atom. The van der Waals surface area contributed by atoms with Crippen LogP contribution in [0.25, 0.3) is 0 Å². The molecule has 0 atom stereocenters. The van der Waals surface area contributed by atoms with Crippen molar-refractivity contribution in [2.24, 2.45) is 5.92 Å². The fraction of sp³-hybridized carbons (Fsp3) is 0.684. The molecule has 2 heterocycles. The number of carbonyl (C=O) groups excluding carboxylic acids is 1. The van der Waals surface area contributed by atoms with E-state index in [4.69, 9.17) is 4.74 Å². The molecule has 3 rings (SSSR count). The van der Waals surface area contributed by atoms with Crippen LogP contribution >= 0.6 is 15.9 Å². The fourth-order valence-corrected chi connectivity index (χ4v) is 3.98. The lowest BCUT2D eigenvalue weighted by molar-refractivity contribution is -0.139. The van der Waals surface area contributed by atoms with E-state index in [0.717, 1.165) is 56.3 Å². The van der Waals surface area contributed by atoms with Crippen LogP contribution in [0.4, 0.5) is 0 Å². The summed E-state index contributed by atoms with van der Waals surface area (Å²) < 4.78 is 6.91. The monoisotopic (exact) mass is 409 g/mol. The first-order valence-electron chi connectivity index (χ1n) is 9.34. The van der Waals surface area contributed by atoms with Gasteiger partial charge in [-0.2, -0.15) is 0 Å². The van der Waals surface area contributed by atoms with E-state index in [0.29, 0.717) is 17.8 Å². The number of amides is 1. The minimum atomic E-state index is 0.170. The largest absolute Gasteiger partial charge is 0.474 e. The van der Waals surface area contributed by atoms with Crippen molar-refractivity contribution in [3.63, 3.8) is 0 Å². The first kappa shape index (κ1) is 18.6. The third-order valence-corrected chi connectivity index (χ3v) is 5.84. The molecule has 1 saturated heterocycles. The van der Waals surface area contributed by atoms with Crippen LogP contribution in [0.2, 0.25) is 0 Å². The molecule has 1 aromatic rings. The lowest BCUT2D eigenvalue weighted by Crippen LogP contribution is -2.52. The summed E-state index contributed by atoms with van der Waals surface area (Å²) in [5.41, 5.74) is 0. The maximum atomic E-state index is 12.8. The highest BCUT2D eigenvalue weighted by atomic mass is 79.9. The van der Waals surface area contributed by atoms with Crippen molar-refractivity contribution in [2.75, 3.05) is 26.2 Å². The average Bonchev–Trinajstić information content (AvgIpc) is 2.64. The normalized spacial score (nSPS) is 25.2. The maximum absolute atomic E-state index is 12.8. The van der Waals surface area contributed by atoms with Crippen molar-refractivity contribution in [2.45, 2.75) is 51.7 Å². The Labute approximate surface area is 158 Å². The van der Waals surface area contributed by atoms with Gasteiger partial charge in [0, 0.05) is 54.9 Å². The van der Waals surface area contributed by atoms with Crippen molar-refractivity contribution in [1.82, 2.24) is 14.8 Å². The van der Waals surface area contributed by atoms with Gasteiger partial charge >= 0.3 is 0 Å². The van der Waals surface area contributed by atoms with Gasteiger partial charge in [-0.05, 0) is 61.5 Å². The molecule has 0 radical (unpaired) electrons. The summed E-state index contributed by atoms with van der Waals surface area (Å²) in [4.78, 5) is 21.6. The second-order valence-electron chi connectivity index (χ2n) is 7.36. The summed E-state index contributed by atoms with van der Waals surface area (Å²) >= 11 is 3.38. The number of nitrogens with zero attached hydrogens (tertiary/aromatic N) is 3. The van der Waals surface area contributed by atoms with Gasteiger partial charge in [0.15, 0.2) is 0 Å². The van der Waals surface area contributed by atoms with Gasteiger partial charge in [-0.3, -0.25) is 9.69 Å². The highest BCUT2D eigenvalue weighted by molar-refractivity contribution is 9.10. The van der Waals surface area contributed by atoms with Crippen molar-refractivity contribution < 1.29 is 9.53 Å². The van der Waals surface area contributed by atoms with E-state index >= 15 is 0 Å². The number of ether oxygens (including phenoxy) is 1. The number of carbonyl (C=O) groups is 1. The quantitative estimate of drug-likeness (QED) is 0.764. The molecule has 6 heteroatoms. The zero-order valence-electron chi connectivity index (χ0n) is 15.2. The molecule has 1 amide bonds. The fourth-order valence-electron chi connectivity index (χ4n) is 3.75. The predicted molar refractivity (Wildman–Crippen MR) is 102 cm³/mol. The minimum Gasteiger partial charge on any atom is -0.474 e. The van der Waals surface area contributed by atoms with E-state index in [9.17, 15) is 4.79 Å². The molecule has 0 aromatic carbocycles. The van der Waals surface area contributed by atoms with Gasteiger partial charge in [0.2, 0.25) is 11.8 Å². The number of hydrogen-bond acceptors (Lipinski definition) is 4. The Balaban J connectivity index is 1.44. The molecule has 2 aliphatic rings. The molecule has 0 spiro atoms. The number of hydrogen-bond donors (Lipinski definition) is 0. The van der Waals surface area contributed by atoms with Crippen LogP contribution in [0.15, 0.2) is 22.8 Å². The number of piperazine rings is 1. The summed E-state index contributed by atoms with van der Waals surface area (Å²) in [5.74, 6) is 1.19. The molecule has 25 heavy (non-hydrogen) atoms. The summed E-state index contributed by atoms with van der Waals surface area (Å²) in [6.45, 7) is 8.18. The second kappa shape index (κ2) is 8.49. The number of rotatable bonds is 4. The second-order valence-corrected chi connectivity index (χ2v) is 8.28. The van der Waals surface area contributed by atoms with E-state index in [1.54, 1.807) is 6.20 Å². The van der Waals surface area contributed by atoms with Gasteiger partial charge in [0.25, 0.3) is 0 Å². The SMILES string of the molecule is CC(C)N1CCN(C(=O)C2CCC(Oc3ccc(Br)cn3)CC2)CC1. The van der Waals surface area contributed by atoms with E-state index in [1.165, 1.54) is 0 Å². The highest BCUT2D eigenvalue weighted by Crippen LogP contribution is 2.29. The Morgan fingerprint density at radius 2 is 1.84 bits per heavy atom. The smallest absolute Gasteiger partial charge is 0.225 e. The van der Waals surface area contributed by atoms with E-state index in [1.807, 2.05) is 12.1 Å². The average molecular weight is 410 g/mol. The molecule has 5 nitrogen and oxygen atoms in total. The molecule has 1 aromatic heterocycles. The lowest BCUT2D eigenvalue weighted by atomic mass is 9.86. The molecule has 1 aliphatic carbocycles. The Bertz CT molecular complexity index is 563. The van der Waals surface area contributed by atoms with Crippen LogP contribution in [0, 0.1) is 5.92 Å². The summed E-state index contributed by atoms with van der Waals surface area (Å²) in [6, 6.07) is 4.39. The van der Waals surface area contributed by atoms with Crippen LogP contribution in [0.5, 0.6) is 5.88 Å². The van der Waals surface area contributed by atoms with Crippen LogP contribution in [0.1, 0.15) is 39.5 Å². The molecule has 138 valence electrons. The van der Waals surface area contributed by atoms with Crippen LogP contribution in [-0.2, 0) is 4.79 Å². The zero-order valence-corrected chi connectivity index (χ0v) is 16.7. The number of aromatic nitrogens is 1. The van der Waals surface area contributed by atoms with Gasteiger partial charge in [-0.25, -0.2) is 4.98 Å².